The molecule has 1 aliphatic rings. The molecule has 6 nitrogen and oxygen atoms in total. The highest BCUT2D eigenvalue weighted by atomic mass is 32.1. The lowest BCUT2D eigenvalue weighted by atomic mass is 10.1. The summed E-state index contributed by atoms with van der Waals surface area (Å²) in [6, 6.07) is -0.148. The average Bonchev–Trinajstić information content (AvgIpc) is 3.05. The topological polar surface area (TPSA) is 68.5 Å². The molecule has 21 heavy (non-hydrogen) atoms. The molecule has 2 aromatic rings. The van der Waals surface area contributed by atoms with Crippen molar-refractivity contribution in [3.63, 3.8) is 0 Å². The second-order valence-corrected chi connectivity index (χ2v) is 6.14. The summed E-state index contributed by atoms with van der Waals surface area (Å²) < 4.78 is 10.6. The average molecular weight is 307 g/mol. The van der Waals surface area contributed by atoms with E-state index in [2.05, 4.69) is 10.1 Å². The van der Waals surface area contributed by atoms with Crippen LogP contribution in [0, 0.1) is 20.8 Å². The van der Waals surface area contributed by atoms with Crippen molar-refractivity contribution in [2.45, 2.75) is 26.8 Å². The number of hydrogen-bond donors (Lipinski definition) is 0. The molecule has 0 radical (unpaired) electrons. The Morgan fingerprint density at radius 2 is 2.24 bits per heavy atom. The third-order valence-electron chi connectivity index (χ3n) is 3.61. The Labute approximate surface area is 126 Å². The maximum absolute atomic E-state index is 12.8. The van der Waals surface area contributed by atoms with Gasteiger partial charge in [-0.15, -0.1) is 11.3 Å². The second-order valence-electron chi connectivity index (χ2n) is 5.08. The molecule has 0 unspecified atom stereocenters. The van der Waals surface area contributed by atoms with Gasteiger partial charge in [-0.3, -0.25) is 4.79 Å². The zero-order valence-corrected chi connectivity index (χ0v) is 13.1. The molecule has 3 rings (SSSR count). The van der Waals surface area contributed by atoms with Crippen LogP contribution in [0.3, 0.4) is 0 Å². The third kappa shape index (κ3) is 2.58. The van der Waals surface area contributed by atoms with Gasteiger partial charge in [0.1, 0.15) is 11.3 Å². The van der Waals surface area contributed by atoms with Gasteiger partial charge >= 0.3 is 0 Å². The van der Waals surface area contributed by atoms with Gasteiger partial charge in [0.25, 0.3) is 5.91 Å². The molecule has 0 N–H and O–H groups in total. The van der Waals surface area contributed by atoms with Gasteiger partial charge in [-0.25, -0.2) is 4.98 Å². The number of ether oxygens (including phenoxy) is 1. The number of morpholine rings is 1. The van der Waals surface area contributed by atoms with Gasteiger partial charge in [-0.1, -0.05) is 5.16 Å². The molecular formula is C14H17N3O3S. The number of aryl methyl sites for hydroxylation is 3. The summed E-state index contributed by atoms with van der Waals surface area (Å²) in [5, 5.41) is 6.84. The third-order valence-corrected chi connectivity index (χ3v) is 4.41. The molecular weight excluding hydrogens is 290 g/mol. The van der Waals surface area contributed by atoms with E-state index in [1.54, 1.807) is 25.2 Å². The summed E-state index contributed by atoms with van der Waals surface area (Å²) in [6.45, 7) is 7.05. The van der Waals surface area contributed by atoms with Crippen LogP contribution in [0.2, 0.25) is 0 Å². The van der Waals surface area contributed by atoms with Crippen LogP contribution in [0.25, 0.3) is 0 Å². The van der Waals surface area contributed by atoms with E-state index in [0.717, 1.165) is 10.7 Å². The Bertz CT molecular complexity index is 645. The van der Waals surface area contributed by atoms with Crippen molar-refractivity contribution < 1.29 is 14.1 Å². The van der Waals surface area contributed by atoms with Gasteiger partial charge in [0, 0.05) is 11.9 Å². The maximum atomic E-state index is 12.8. The molecule has 0 spiro atoms. The molecule has 1 amide bonds. The number of carbonyl (C=O) groups excluding carboxylic acids is 1. The van der Waals surface area contributed by atoms with Gasteiger partial charge < -0.3 is 14.2 Å². The van der Waals surface area contributed by atoms with E-state index in [0.29, 0.717) is 36.8 Å². The molecule has 3 heterocycles. The molecule has 0 aliphatic carbocycles. The molecule has 0 bridgehead atoms. The fourth-order valence-corrected chi connectivity index (χ4v) is 3.22. The van der Waals surface area contributed by atoms with E-state index in [9.17, 15) is 4.79 Å². The Kier molecular flexibility index (Phi) is 3.77. The lowest BCUT2D eigenvalue weighted by Crippen LogP contribution is -2.43. The van der Waals surface area contributed by atoms with Gasteiger partial charge in [0.2, 0.25) is 0 Å². The van der Waals surface area contributed by atoms with Crippen molar-refractivity contribution in [2.75, 3.05) is 19.8 Å². The molecule has 1 fully saturated rings. The van der Waals surface area contributed by atoms with Gasteiger partial charge in [0.15, 0.2) is 0 Å². The molecule has 7 heteroatoms. The standard InChI is InChI=1S/C14H17N3O3S/c1-8-13(9(2)20-16-8)14(18)17-4-5-19-6-12(17)11-7-21-10(3)15-11/h7,12H,4-6H2,1-3H3/t12-/m1/s1. The number of hydrogen-bond acceptors (Lipinski definition) is 6. The van der Waals surface area contributed by atoms with Crippen molar-refractivity contribution in [3.8, 4) is 0 Å². The summed E-state index contributed by atoms with van der Waals surface area (Å²) in [5.74, 6) is 0.488. The van der Waals surface area contributed by atoms with Crippen LogP contribution in [0.15, 0.2) is 9.90 Å². The van der Waals surface area contributed by atoms with E-state index in [1.807, 2.05) is 17.2 Å². The van der Waals surface area contributed by atoms with Crippen LogP contribution in [0.1, 0.15) is 38.6 Å². The lowest BCUT2D eigenvalue weighted by Gasteiger charge is -2.34. The normalized spacial score (nSPS) is 19.0. The van der Waals surface area contributed by atoms with Crippen molar-refractivity contribution >= 4 is 17.2 Å². The fourth-order valence-electron chi connectivity index (χ4n) is 2.56. The number of carbonyl (C=O) groups is 1. The molecule has 0 saturated carbocycles. The fraction of sp³-hybridized carbons (Fsp3) is 0.500. The zero-order chi connectivity index (χ0) is 15.0. The summed E-state index contributed by atoms with van der Waals surface area (Å²) in [4.78, 5) is 19.1. The predicted octanol–water partition coefficient (Wildman–Crippen LogP) is 2.27. The van der Waals surface area contributed by atoms with Gasteiger partial charge in [-0.05, 0) is 20.8 Å². The highest BCUT2D eigenvalue weighted by Crippen LogP contribution is 2.28. The van der Waals surface area contributed by atoms with Crippen LogP contribution in [-0.2, 0) is 4.74 Å². The Morgan fingerprint density at radius 1 is 1.43 bits per heavy atom. The van der Waals surface area contributed by atoms with E-state index < -0.39 is 0 Å². The number of thiazole rings is 1. The molecule has 1 atom stereocenters. The van der Waals surface area contributed by atoms with Crippen LogP contribution in [-0.4, -0.2) is 40.7 Å². The molecule has 112 valence electrons. The SMILES string of the molecule is Cc1nc([C@H]2COCCN2C(=O)c2c(C)noc2C)cs1. The zero-order valence-electron chi connectivity index (χ0n) is 12.3. The minimum Gasteiger partial charge on any atom is -0.377 e. The quantitative estimate of drug-likeness (QED) is 0.851. The van der Waals surface area contributed by atoms with Crippen LogP contribution >= 0.6 is 11.3 Å². The summed E-state index contributed by atoms with van der Waals surface area (Å²) in [6.07, 6.45) is 0. The molecule has 0 aromatic carbocycles. The first-order valence-corrected chi connectivity index (χ1v) is 7.69. The van der Waals surface area contributed by atoms with Crippen LogP contribution in [0.4, 0.5) is 0 Å². The second kappa shape index (κ2) is 5.57. The first-order chi connectivity index (χ1) is 10.1. The van der Waals surface area contributed by atoms with Crippen molar-refractivity contribution in [1.29, 1.82) is 0 Å². The monoisotopic (exact) mass is 307 g/mol. The number of nitrogens with zero attached hydrogens (tertiary/aromatic N) is 3. The molecule has 1 aliphatic heterocycles. The van der Waals surface area contributed by atoms with Crippen LogP contribution in [0.5, 0.6) is 0 Å². The molecule has 2 aromatic heterocycles. The van der Waals surface area contributed by atoms with E-state index in [-0.39, 0.29) is 11.9 Å². The smallest absolute Gasteiger partial charge is 0.260 e. The first kappa shape index (κ1) is 14.2. The van der Waals surface area contributed by atoms with E-state index in [4.69, 9.17) is 9.26 Å². The largest absolute Gasteiger partial charge is 0.377 e. The summed E-state index contributed by atoms with van der Waals surface area (Å²) in [5.41, 5.74) is 2.06. The van der Waals surface area contributed by atoms with E-state index >= 15 is 0 Å². The Balaban J connectivity index is 1.93. The van der Waals surface area contributed by atoms with Gasteiger partial charge in [-0.2, -0.15) is 0 Å². The van der Waals surface area contributed by atoms with Crippen LogP contribution < -0.4 is 0 Å². The van der Waals surface area contributed by atoms with E-state index in [1.165, 1.54) is 0 Å². The van der Waals surface area contributed by atoms with Crippen molar-refractivity contribution in [2.24, 2.45) is 0 Å². The van der Waals surface area contributed by atoms with Gasteiger partial charge in [0.05, 0.1) is 35.7 Å². The lowest BCUT2D eigenvalue weighted by molar-refractivity contribution is -0.00388. The summed E-state index contributed by atoms with van der Waals surface area (Å²) in [7, 11) is 0. The van der Waals surface area contributed by atoms with Crippen molar-refractivity contribution in [3.05, 3.63) is 33.1 Å². The minimum absolute atomic E-state index is 0.0646. The summed E-state index contributed by atoms with van der Waals surface area (Å²) >= 11 is 1.58. The van der Waals surface area contributed by atoms with Crippen molar-refractivity contribution in [1.82, 2.24) is 15.0 Å². The number of aromatic nitrogens is 2. The highest BCUT2D eigenvalue weighted by Gasteiger charge is 2.33. The number of amides is 1. The molecule has 1 saturated heterocycles. The predicted molar refractivity (Wildman–Crippen MR) is 77.4 cm³/mol. The highest BCUT2D eigenvalue weighted by molar-refractivity contribution is 7.09. The Morgan fingerprint density at radius 3 is 2.86 bits per heavy atom. The minimum atomic E-state index is -0.148. The first-order valence-electron chi connectivity index (χ1n) is 6.81. The number of rotatable bonds is 2. The Hall–Kier alpha value is -1.73. The maximum Gasteiger partial charge on any atom is 0.260 e.